The second kappa shape index (κ2) is 9.11. The molecule has 0 saturated carbocycles. The average Bonchev–Trinajstić information content (AvgIpc) is 3.46. The number of esters is 1. The summed E-state index contributed by atoms with van der Waals surface area (Å²) in [6, 6.07) is 34.3. The van der Waals surface area contributed by atoms with E-state index < -0.39 is 29.6 Å². The second-order valence-corrected chi connectivity index (χ2v) is 9.61. The molecule has 1 aliphatic carbocycles. The van der Waals surface area contributed by atoms with Crippen LogP contribution in [0.25, 0.3) is 11.1 Å². The molecule has 5 heteroatoms. The molecule has 0 radical (unpaired) electrons. The van der Waals surface area contributed by atoms with Gasteiger partial charge in [-0.3, -0.25) is 14.5 Å². The van der Waals surface area contributed by atoms with E-state index in [1.165, 1.54) is 7.11 Å². The Labute approximate surface area is 216 Å². The van der Waals surface area contributed by atoms with Gasteiger partial charge in [-0.25, -0.2) is 0 Å². The highest BCUT2D eigenvalue weighted by Crippen LogP contribution is 2.56. The van der Waals surface area contributed by atoms with Crippen molar-refractivity contribution in [2.75, 3.05) is 13.7 Å². The van der Waals surface area contributed by atoms with Crippen LogP contribution in [0, 0.1) is 5.92 Å². The average molecular weight is 490 g/mol. The van der Waals surface area contributed by atoms with E-state index in [4.69, 9.17) is 4.74 Å². The maximum Gasteiger partial charge on any atom is 0.324 e. The molecule has 0 spiro atoms. The van der Waals surface area contributed by atoms with Crippen molar-refractivity contribution in [1.82, 2.24) is 4.90 Å². The second-order valence-electron chi connectivity index (χ2n) is 9.61. The van der Waals surface area contributed by atoms with E-state index in [1.807, 2.05) is 77.7 Å². The zero-order chi connectivity index (χ0) is 25.6. The first kappa shape index (κ1) is 23.3. The number of aliphatic hydroxyl groups is 1. The Bertz CT molecular complexity index is 1420. The number of benzene rings is 4. The summed E-state index contributed by atoms with van der Waals surface area (Å²) in [7, 11) is 1.33. The highest BCUT2D eigenvalue weighted by molar-refractivity contribution is 5.95. The molecule has 1 fully saturated rings. The maximum atomic E-state index is 13.8. The molecule has 0 bridgehead atoms. The first-order valence-electron chi connectivity index (χ1n) is 12.4. The number of ether oxygens (including phenoxy) is 1. The van der Waals surface area contributed by atoms with Gasteiger partial charge < -0.3 is 9.84 Å². The van der Waals surface area contributed by atoms with Crippen molar-refractivity contribution in [2.45, 2.75) is 17.7 Å². The van der Waals surface area contributed by atoms with Crippen molar-refractivity contribution in [3.05, 3.63) is 131 Å². The number of likely N-dealkylation sites (tertiary alicyclic amines) is 1. The molecule has 0 aromatic heterocycles. The van der Waals surface area contributed by atoms with Crippen LogP contribution < -0.4 is 0 Å². The minimum atomic E-state index is -1.15. The van der Waals surface area contributed by atoms with E-state index in [1.54, 1.807) is 12.1 Å². The van der Waals surface area contributed by atoms with Crippen LogP contribution in [0.15, 0.2) is 109 Å². The van der Waals surface area contributed by atoms with Gasteiger partial charge in [0, 0.05) is 0 Å². The molecule has 5 nitrogen and oxygen atoms in total. The molecule has 0 amide bonds. The lowest BCUT2D eigenvalue weighted by molar-refractivity contribution is -0.151. The van der Waals surface area contributed by atoms with Crippen LogP contribution in [-0.4, -0.2) is 41.5 Å². The number of Topliss-reactive ketones (excluding diaryl/α,β-unsaturated/α-hetero) is 1. The van der Waals surface area contributed by atoms with Crippen LogP contribution in [0.1, 0.15) is 28.4 Å². The van der Waals surface area contributed by atoms with Crippen molar-refractivity contribution in [2.24, 2.45) is 5.92 Å². The molecule has 2 aliphatic rings. The van der Waals surface area contributed by atoms with E-state index in [0.29, 0.717) is 5.56 Å². The van der Waals surface area contributed by atoms with Crippen molar-refractivity contribution < 1.29 is 19.4 Å². The monoisotopic (exact) mass is 489 g/mol. The highest BCUT2D eigenvalue weighted by Gasteiger charge is 2.60. The molecular formula is C32H27NO4. The minimum Gasteiger partial charge on any atom is -0.468 e. The van der Waals surface area contributed by atoms with E-state index in [0.717, 1.165) is 27.8 Å². The Morgan fingerprint density at radius 1 is 0.838 bits per heavy atom. The number of aliphatic hydroxyl groups excluding tert-OH is 1. The first-order chi connectivity index (χ1) is 18.1. The van der Waals surface area contributed by atoms with Gasteiger partial charge in [0.15, 0.2) is 5.78 Å². The number of carbonyl (C=O) groups is 2. The van der Waals surface area contributed by atoms with Crippen molar-refractivity contribution in [3.63, 3.8) is 0 Å². The van der Waals surface area contributed by atoms with Crippen LogP contribution in [0.3, 0.4) is 0 Å². The van der Waals surface area contributed by atoms with Gasteiger partial charge in [-0.1, -0.05) is 109 Å². The zero-order valence-corrected chi connectivity index (χ0v) is 20.5. The Hall–Kier alpha value is -4.06. The predicted octanol–water partition coefficient (Wildman–Crippen LogP) is 4.74. The van der Waals surface area contributed by atoms with Gasteiger partial charge in [0.05, 0.1) is 31.2 Å². The smallest absolute Gasteiger partial charge is 0.324 e. The SMILES string of the molecule is COC(=O)[C@@H]1[C@@H]([C@H](O)c2ccccc2)C(=O)CN1C1(c2ccccc2)c2ccccc2-c2ccccc21. The van der Waals surface area contributed by atoms with Gasteiger partial charge in [0.1, 0.15) is 6.04 Å². The molecule has 1 N–H and O–H groups in total. The summed E-state index contributed by atoms with van der Waals surface area (Å²) >= 11 is 0. The predicted molar refractivity (Wildman–Crippen MR) is 141 cm³/mol. The lowest BCUT2D eigenvalue weighted by Gasteiger charge is -2.44. The lowest BCUT2D eigenvalue weighted by atomic mass is 9.78. The molecule has 1 aliphatic heterocycles. The molecule has 1 heterocycles. The van der Waals surface area contributed by atoms with Gasteiger partial charge in [-0.05, 0) is 33.4 Å². The van der Waals surface area contributed by atoms with E-state index in [2.05, 4.69) is 24.3 Å². The quantitative estimate of drug-likeness (QED) is 0.411. The van der Waals surface area contributed by atoms with Crippen LogP contribution in [0.4, 0.5) is 0 Å². The van der Waals surface area contributed by atoms with Crippen molar-refractivity contribution in [1.29, 1.82) is 0 Å². The summed E-state index contributed by atoms with van der Waals surface area (Å²) in [4.78, 5) is 29.3. The largest absolute Gasteiger partial charge is 0.468 e. The molecule has 6 rings (SSSR count). The first-order valence-corrected chi connectivity index (χ1v) is 12.4. The Morgan fingerprint density at radius 2 is 1.35 bits per heavy atom. The molecule has 4 aromatic rings. The van der Waals surface area contributed by atoms with Gasteiger partial charge >= 0.3 is 5.97 Å². The maximum absolute atomic E-state index is 13.8. The fourth-order valence-corrected chi connectivity index (χ4v) is 6.35. The van der Waals surface area contributed by atoms with E-state index in [9.17, 15) is 14.7 Å². The Morgan fingerprint density at radius 3 is 1.92 bits per heavy atom. The fourth-order valence-electron chi connectivity index (χ4n) is 6.35. The topological polar surface area (TPSA) is 66.8 Å². The number of ketones is 1. The van der Waals surface area contributed by atoms with Gasteiger partial charge in [-0.2, -0.15) is 0 Å². The van der Waals surface area contributed by atoms with Gasteiger partial charge in [-0.15, -0.1) is 0 Å². The molecule has 3 atom stereocenters. The van der Waals surface area contributed by atoms with E-state index >= 15 is 0 Å². The Kier molecular flexibility index (Phi) is 5.75. The van der Waals surface area contributed by atoms with Crippen LogP contribution >= 0.6 is 0 Å². The highest BCUT2D eigenvalue weighted by atomic mass is 16.5. The zero-order valence-electron chi connectivity index (χ0n) is 20.5. The van der Waals surface area contributed by atoms with Crippen molar-refractivity contribution >= 4 is 11.8 Å². The summed E-state index contributed by atoms with van der Waals surface area (Å²) in [5, 5.41) is 11.5. The lowest BCUT2D eigenvalue weighted by Crippen LogP contribution is -2.54. The normalized spacial score (nSPS) is 20.8. The van der Waals surface area contributed by atoms with Crippen LogP contribution in [0.2, 0.25) is 0 Å². The Balaban J connectivity index is 1.63. The summed E-state index contributed by atoms with van der Waals surface area (Å²) in [5.41, 5.74) is 4.74. The standard InChI is InChI=1S/C32H27NO4/c1-37-31(36)29-28(30(35)21-12-4-2-5-13-21)27(34)20-33(29)32(22-14-6-3-7-15-22)25-18-10-8-16-23(25)24-17-9-11-19-26(24)32/h2-19,28-30,35H,20H2,1H3/t28-,29-,30+/m0/s1. The molecule has 184 valence electrons. The number of carbonyl (C=O) groups excluding carboxylic acids is 2. The third-order valence-corrected chi connectivity index (χ3v) is 7.84. The third-order valence-electron chi connectivity index (χ3n) is 7.84. The number of rotatable bonds is 5. The van der Waals surface area contributed by atoms with Crippen LogP contribution in [-0.2, 0) is 19.9 Å². The minimum absolute atomic E-state index is 0.00805. The summed E-state index contributed by atoms with van der Waals surface area (Å²) in [6.07, 6.45) is -1.15. The van der Waals surface area contributed by atoms with Crippen LogP contribution in [0.5, 0.6) is 0 Å². The number of nitrogens with zero attached hydrogens (tertiary/aromatic N) is 1. The molecular weight excluding hydrogens is 462 g/mol. The number of hydrogen-bond donors (Lipinski definition) is 1. The number of hydrogen-bond acceptors (Lipinski definition) is 5. The summed E-state index contributed by atoms with van der Waals surface area (Å²) < 4.78 is 5.30. The summed E-state index contributed by atoms with van der Waals surface area (Å²) in [6.45, 7) is -0.00805. The molecule has 1 saturated heterocycles. The van der Waals surface area contributed by atoms with Gasteiger partial charge in [0.2, 0.25) is 0 Å². The summed E-state index contributed by atoms with van der Waals surface area (Å²) in [5.74, 6) is -1.71. The van der Waals surface area contributed by atoms with Crippen molar-refractivity contribution in [3.8, 4) is 11.1 Å². The fraction of sp³-hybridized carbons (Fsp3) is 0.188. The number of fused-ring (bicyclic) bond motifs is 3. The number of methoxy groups -OCH3 is 1. The molecule has 0 unspecified atom stereocenters. The molecule has 37 heavy (non-hydrogen) atoms. The molecule has 4 aromatic carbocycles. The van der Waals surface area contributed by atoms with Gasteiger partial charge in [0.25, 0.3) is 0 Å². The third kappa shape index (κ3) is 3.39. The van der Waals surface area contributed by atoms with E-state index in [-0.39, 0.29) is 12.3 Å².